The Morgan fingerprint density at radius 2 is 2.00 bits per heavy atom. The number of H-pyrrole nitrogens is 1. The molecule has 0 fully saturated rings. The van der Waals surface area contributed by atoms with Crippen LogP contribution >= 0.6 is 0 Å². The average molecular weight is 365 g/mol. The first kappa shape index (κ1) is 17.1. The lowest BCUT2D eigenvalue weighted by Gasteiger charge is -2.26. The number of nitrogens with one attached hydrogen (secondary N) is 1. The lowest BCUT2D eigenvalue weighted by Crippen LogP contribution is -2.32. The van der Waals surface area contributed by atoms with Gasteiger partial charge in [0.15, 0.2) is 0 Å². The molecule has 7 nitrogen and oxygen atoms in total. The molecule has 0 spiro atoms. The zero-order valence-electron chi connectivity index (χ0n) is 14.7. The summed E-state index contributed by atoms with van der Waals surface area (Å²) in [7, 11) is 1.58. The fourth-order valence-electron chi connectivity index (χ4n) is 3.54. The zero-order valence-corrected chi connectivity index (χ0v) is 14.7. The summed E-state index contributed by atoms with van der Waals surface area (Å²) in [5, 5.41) is 27.3. The smallest absolute Gasteiger partial charge is 0.273 e. The Balaban J connectivity index is 1.89. The Bertz CT molecular complexity index is 998. The van der Waals surface area contributed by atoms with E-state index >= 15 is 0 Å². The maximum Gasteiger partial charge on any atom is 0.273 e. The summed E-state index contributed by atoms with van der Waals surface area (Å²) < 4.78 is 5.16. The standard InChI is InChI=1S/C20H19N3O4/c1-27-10-9-23-19(12-5-4-6-13(24)11-12)16-17(21-22-18(16)20(23)26)14-7-2-3-8-15(14)25/h2-8,11,19,24-25H,9-10H2,1H3,(H,21,22)/t19-/m0/s1. The van der Waals surface area contributed by atoms with Crippen LogP contribution in [0, 0.1) is 0 Å². The molecular weight excluding hydrogens is 346 g/mol. The number of carbonyl (C=O) groups excluding carboxylic acids is 1. The number of aromatic amines is 1. The molecule has 138 valence electrons. The summed E-state index contributed by atoms with van der Waals surface area (Å²) in [6, 6.07) is 13.2. The molecule has 1 aromatic heterocycles. The Morgan fingerprint density at radius 1 is 1.19 bits per heavy atom. The van der Waals surface area contributed by atoms with Crippen molar-refractivity contribution in [3.05, 3.63) is 65.4 Å². The SMILES string of the molecule is COCCN1C(=O)c2[nH]nc(-c3ccccc3O)c2[C@@H]1c1cccc(O)c1. The van der Waals surface area contributed by atoms with Crippen molar-refractivity contribution in [3.8, 4) is 22.8 Å². The van der Waals surface area contributed by atoms with Crippen molar-refractivity contribution in [3.63, 3.8) is 0 Å². The molecule has 4 rings (SSSR count). The van der Waals surface area contributed by atoms with E-state index in [0.29, 0.717) is 35.7 Å². The van der Waals surface area contributed by atoms with Gasteiger partial charge in [0.05, 0.1) is 12.6 Å². The Hall–Kier alpha value is -3.32. The second-order valence-electron chi connectivity index (χ2n) is 6.37. The van der Waals surface area contributed by atoms with Crippen molar-refractivity contribution in [1.29, 1.82) is 0 Å². The molecule has 27 heavy (non-hydrogen) atoms. The molecule has 1 aliphatic rings. The number of benzene rings is 2. The highest BCUT2D eigenvalue weighted by Gasteiger charge is 2.42. The van der Waals surface area contributed by atoms with Crippen LogP contribution in [0.1, 0.15) is 27.7 Å². The third kappa shape index (κ3) is 2.82. The zero-order chi connectivity index (χ0) is 19.0. The van der Waals surface area contributed by atoms with E-state index in [-0.39, 0.29) is 17.4 Å². The van der Waals surface area contributed by atoms with Gasteiger partial charge in [0, 0.05) is 24.8 Å². The highest BCUT2D eigenvalue weighted by atomic mass is 16.5. The quantitative estimate of drug-likeness (QED) is 0.646. The number of phenols is 2. The Morgan fingerprint density at radius 3 is 2.74 bits per heavy atom. The minimum Gasteiger partial charge on any atom is -0.508 e. The summed E-state index contributed by atoms with van der Waals surface area (Å²) >= 11 is 0. The van der Waals surface area contributed by atoms with Gasteiger partial charge < -0.3 is 19.8 Å². The van der Waals surface area contributed by atoms with Crippen LogP contribution in [0.25, 0.3) is 11.3 Å². The van der Waals surface area contributed by atoms with E-state index in [4.69, 9.17) is 4.74 Å². The molecule has 1 amide bonds. The van der Waals surface area contributed by atoms with Crippen LogP contribution in [0.15, 0.2) is 48.5 Å². The first-order valence-electron chi connectivity index (χ1n) is 8.57. The van der Waals surface area contributed by atoms with Gasteiger partial charge in [0.2, 0.25) is 0 Å². The average Bonchev–Trinajstić information content (AvgIpc) is 3.20. The molecule has 0 saturated heterocycles. The fraction of sp³-hybridized carbons (Fsp3) is 0.200. The number of hydrogen-bond acceptors (Lipinski definition) is 5. The van der Waals surface area contributed by atoms with Crippen LogP contribution < -0.4 is 0 Å². The van der Waals surface area contributed by atoms with E-state index in [0.717, 1.165) is 5.56 Å². The minimum atomic E-state index is -0.442. The number of methoxy groups -OCH3 is 1. The predicted octanol–water partition coefficient (Wildman–Crippen LogP) is 2.68. The third-order valence-electron chi connectivity index (χ3n) is 4.75. The van der Waals surface area contributed by atoms with Gasteiger partial charge in [0.1, 0.15) is 22.9 Å². The van der Waals surface area contributed by atoms with Gasteiger partial charge in [-0.25, -0.2) is 0 Å². The molecule has 1 atom stereocenters. The minimum absolute atomic E-state index is 0.0873. The molecule has 3 N–H and O–H groups in total. The van der Waals surface area contributed by atoms with Gasteiger partial charge in [-0.15, -0.1) is 0 Å². The summed E-state index contributed by atoms with van der Waals surface area (Å²) in [5.74, 6) is 0.0153. The lowest BCUT2D eigenvalue weighted by molar-refractivity contribution is 0.0677. The van der Waals surface area contributed by atoms with Crippen molar-refractivity contribution < 1.29 is 19.7 Å². The number of aromatic hydroxyl groups is 2. The van der Waals surface area contributed by atoms with Crippen molar-refractivity contribution >= 4 is 5.91 Å². The first-order chi connectivity index (χ1) is 13.1. The van der Waals surface area contributed by atoms with E-state index in [9.17, 15) is 15.0 Å². The van der Waals surface area contributed by atoms with Gasteiger partial charge in [0.25, 0.3) is 5.91 Å². The number of phenolic OH excluding ortho intramolecular Hbond substituents is 2. The number of rotatable bonds is 5. The second-order valence-corrected chi connectivity index (χ2v) is 6.37. The van der Waals surface area contributed by atoms with E-state index in [1.54, 1.807) is 54.5 Å². The Kier molecular flexibility index (Phi) is 4.29. The van der Waals surface area contributed by atoms with E-state index in [2.05, 4.69) is 10.2 Å². The maximum atomic E-state index is 13.0. The third-order valence-corrected chi connectivity index (χ3v) is 4.75. The molecule has 7 heteroatoms. The summed E-state index contributed by atoms with van der Waals surface area (Å²) in [6.45, 7) is 0.767. The summed E-state index contributed by atoms with van der Waals surface area (Å²) in [5.41, 5.74) is 2.89. The number of nitrogens with zero attached hydrogens (tertiary/aromatic N) is 2. The first-order valence-corrected chi connectivity index (χ1v) is 8.57. The van der Waals surface area contributed by atoms with Crippen molar-refractivity contribution in [2.45, 2.75) is 6.04 Å². The Labute approximate surface area is 155 Å². The van der Waals surface area contributed by atoms with E-state index < -0.39 is 6.04 Å². The number of hydrogen-bond donors (Lipinski definition) is 3. The van der Waals surface area contributed by atoms with E-state index in [1.165, 1.54) is 0 Å². The maximum absolute atomic E-state index is 13.0. The van der Waals surface area contributed by atoms with Gasteiger partial charge in [-0.3, -0.25) is 9.89 Å². The summed E-state index contributed by atoms with van der Waals surface area (Å²) in [4.78, 5) is 14.7. The predicted molar refractivity (Wildman–Crippen MR) is 98.6 cm³/mol. The number of amides is 1. The van der Waals surface area contributed by atoms with Crippen LogP contribution in [-0.2, 0) is 4.74 Å². The van der Waals surface area contributed by atoms with Crippen molar-refractivity contribution in [2.75, 3.05) is 20.3 Å². The van der Waals surface area contributed by atoms with Gasteiger partial charge in [-0.05, 0) is 29.8 Å². The molecule has 2 aromatic carbocycles. The van der Waals surface area contributed by atoms with Crippen LogP contribution in [0.4, 0.5) is 0 Å². The van der Waals surface area contributed by atoms with Gasteiger partial charge in [-0.2, -0.15) is 5.10 Å². The highest BCUT2D eigenvalue weighted by molar-refractivity contribution is 6.00. The number of para-hydroxylation sites is 1. The van der Waals surface area contributed by atoms with Crippen molar-refractivity contribution in [2.24, 2.45) is 0 Å². The molecule has 1 aliphatic heterocycles. The monoisotopic (exact) mass is 365 g/mol. The van der Waals surface area contributed by atoms with E-state index in [1.807, 2.05) is 6.07 Å². The number of aromatic nitrogens is 2. The fourth-order valence-corrected chi connectivity index (χ4v) is 3.54. The largest absolute Gasteiger partial charge is 0.508 e. The molecule has 0 unspecified atom stereocenters. The molecule has 0 saturated carbocycles. The van der Waals surface area contributed by atoms with Gasteiger partial charge >= 0.3 is 0 Å². The van der Waals surface area contributed by atoms with Crippen LogP contribution in [-0.4, -0.2) is 51.5 Å². The second kappa shape index (κ2) is 6.77. The summed E-state index contributed by atoms with van der Waals surface area (Å²) in [6.07, 6.45) is 0. The van der Waals surface area contributed by atoms with Crippen LogP contribution in [0.5, 0.6) is 11.5 Å². The molecule has 0 aliphatic carbocycles. The normalized spacial score (nSPS) is 16.0. The number of carbonyl (C=O) groups is 1. The van der Waals surface area contributed by atoms with Crippen LogP contribution in [0.2, 0.25) is 0 Å². The topological polar surface area (TPSA) is 98.7 Å². The number of ether oxygens (including phenoxy) is 1. The lowest BCUT2D eigenvalue weighted by atomic mass is 9.95. The van der Waals surface area contributed by atoms with Crippen molar-refractivity contribution in [1.82, 2.24) is 15.1 Å². The van der Waals surface area contributed by atoms with Gasteiger partial charge in [-0.1, -0.05) is 24.3 Å². The molecule has 3 aromatic rings. The van der Waals surface area contributed by atoms with Crippen LogP contribution in [0.3, 0.4) is 0 Å². The molecule has 2 heterocycles. The highest BCUT2D eigenvalue weighted by Crippen LogP contribution is 2.44. The number of fused-ring (bicyclic) bond motifs is 1. The molecule has 0 bridgehead atoms. The molecule has 0 radical (unpaired) electrons. The molecular formula is C20H19N3O4.